The number of halogens is 2. The van der Waals surface area contributed by atoms with Crippen LogP contribution in [0.5, 0.6) is 11.5 Å². The fourth-order valence-corrected chi connectivity index (χ4v) is 1.92. The summed E-state index contributed by atoms with van der Waals surface area (Å²) in [6.07, 6.45) is -2.89. The molecule has 0 N–H and O–H groups in total. The molecular weight excluding hydrogens is 254 g/mol. The van der Waals surface area contributed by atoms with E-state index in [-0.39, 0.29) is 11.5 Å². The molecule has 0 saturated heterocycles. The van der Waals surface area contributed by atoms with Gasteiger partial charge in [0.25, 0.3) is 0 Å². The minimum atomic E-state index is -3.62. The van der Waals surface area contributed by atoms with Crippen LogP contribution in [0.1, 0.15) is 10.4 Å². The van der Waals surface area contributed by atoms with Crippen molar-refractivity contribution in [3.05, 3.63) is 48.0 Å². The lowest BCUT2D eigenvalue weighted by atomic mass is 10.0. The molecule has 2 aromatic rings. The first-order valence-electron chi connectivity index (χ1n) is 5.53. The SMILES string of the molecule is O=Cc1cccc(-c2ccc3c(c2)OC(F)(F)O3)c1. The number of rotatable bonds is 2. The summed E-state index contributed by atoms with van der Waals surface area (Å²) in [4.78, 5) is 10.7. The average molecular weight is 262 g/mol. The van der Waals surface area contributed by atoms with E-state index in [1.54, 1.807) is 30.3 Å². The predicted molar refractivity (Wildman–Crippen MR) is 63.5 cm³/mol. The second-order valence-corrected chi connectivity index (χ2v) is 4.07. The molecule has 0 fully saturated rings. The van der Waals surface area contributed by atoms with E-state index in [1.807, 2.05) is 0 Å². The zero-order chi connectivity index (χ0) is 13.5. The molecule has 96 valence electrons. The van der Waals surface area contributed by atoms with Crippen LogP contribution in [0.3, 0.4) is 0 Å². The van der Waals surface area contributed by atoms with Crippen LogP contribution in [0, 0.1) is 0 Å². The molecule has 19 heavy (non-hydrogen) atoms. The van der Waals surface area contributed by atoms with Crippen LogP contribution in [-0.2, 0) is 0 Å². The van der Waals surface area contributed by atoms with E-state index in [1.165, 1.54) is 12.1 Å². The number of fused-ring (bicyclic) bond motifs is 1. The summed E-state index contributed by atoms with van der Waals surface area (Å²) in [6.45, 7) is 0. The molecule has 1 aliphatic rings. The summed E-state index contributed by atoms with van der Waals surface area (Å²) in [7, 11) is 0. The lowest BCUT2D eigenvalue weighted by Crippen LogP contribution is -2.25. The summed E-state index contributed by atoms with van der Waals surface area (Å²) < 4.78 is 34.5. The number of carbonyl (C=O) groups excluding carboxylic acids is 1. The van der Waals surface area contributed by atoms with E-state index in [9.17, 15) is 13.6 Å². The molecule has 0 radical (unpaired) electrons. The zero-order valence-corrected chi connectivity index (χ0v) is 9.60. The number of hydrogen-bond acceptors (Lipinski definition) is 3. The number of ether oxygens (including phenoxy) is 2. The van der Waals surface area contributed by atoms with Gasteiger partial charge in [0, 0.05) is 5.56 Å². The molecule has 1 aliphatic heterocycles. The molecule has 5 heteroatoms. The number of benzene rings is 2. The van der Waals surface area contributed by atoms with E-state index in [0.29, 0.717) is 11.1 Å². The quantitative estimate of drug-likeness (QED) is 0.777. The maximum absolute atomic E-state index is 12.9. The highest BCUT2D eigenvalue weighted by Crippen LogP contribution is 2.42. The third-order valence-electron chi connectivity index (χ3n) is 2.76. The first-order chi connectivity index (χ1) is 9.07. The molecule has 0 saturated carbocycles. The summed E-state index contributed by atoms with van der Waals surface area (Å²) in [5, 5.41) is 0. The van der Waals surface area contributed by atoms with Gasteiger partial charge in [0.2, 0.25) is 0 Å². The number of carbonyl (C=O) groups is 1. The average Bonchev–Trinajstić information content (AvgIpc) is 2.71. The van der Waals surface area contributed by atoms with Crippen LogP contribution in [-0.4, -0.2) is 12.6 Å². The summed E-state index contributed by atoms with van der Waals surface area (Å²) >= 11 is 0. The molecule has 0 amide bonds. The van der Waals surface area contributed by atoms with Crippen molar-refractivity contribution in [2.45, 2.75) is 6.29 Å². The Balaban J connectivity index is 2.02. The maximum atomic E-state index is 12.9. The number of hydrogen-bond donors (Lipinski definition) is 0. The second-order valence-electron chi connectivity index (χ2n) is 4.07. The van der Waals surface area contributed by atoms with Crippen molar-refractivity contribution in [1.29, 1.82) is 0 Å². The highest BCUT2D eigenvalue weighted by Gasteiger charge is 2.43. The Morgan fingerprint density at radius 1 is 0.947 bits per heavy atom. The topological polar surface area (TPSA) is 35.5 Å². The monoisotopic (exact) mass is 262 g/mol. The van der Waals surface area contributed by atoms with E-state index in [2.05, 4.69) is 9.47 Å². The highest BCUT2D eigenvalue weighted by molar-refractivity contribution is 5.79. The van der Waals surface area contributed by atoms with Gasteiger partial charge in [0.15, 0.2) is 11.5 Å². The minimum Gasteiger partial charge on any atom is -0.395 e. The molecule has 0 aliphatic carbocycles. The van der Waals surface area contributed by atoms with E-state index < -0.39 is 6.29 Å². The normalized spacial score (nSPS) is 15.3. The fraction of sp³-hybridized carbons (Fsp3) is 0.0714. The van der Waals surface area contributed by atoms with Crippen LogP contribution in [0.15, 0.2) is 42.5 Å². The van der Waals surface area contributed by atoms with Gasteiger partial charge in [0.05, 0.1) is 0 Å². The van der Waals surface area contributed by atoms with Crippen molar-refractivity contribution >= 4 is 6.29 Å². The molecule has 0 unspecified atom stereocenters. The molecular formula is C14H8F2O3. The van der Waals surface area contributed by atoms with Crippen molar-refractivity contribution in [1.82, 2.24) is 0 Å². The lowest BCUT2D eigenvalue weighted by Gasteiger charge is -2.04. The first-order valence-corrected chi connectivity index (χ1v) is 5.53. The van der Waals surface area contributed by atoms with Crippen LogP contribution in [0.25, 0.3) is 11.1 Å². The molecule has 0 bridgehead atoms. The third-order valence-corrected chi connectivity index (χ3v) is 2.76. The van der Waals surface area contributed by atoms with Gasteiger partial charge < -0.3 is 9.47 Å². The Hall–Kier alpha value is -2.43. The predicted octanol–water partition coefficient (Wildman–Crippen LogP) is 3.49. The number of aldehydes is 1. The summed E-state index contributed by atoms with van der Waals surface area (Å²) in [5.74, 6) is -0.0145. The molecule has 0 aromatic heterocycles. The molecule has 0 atom stereocenters. The zero-order valence-electron chi connectivity index (χ0n) is 9.60. The minimum absolute atomic E-state index is 0.000270. The van der Waals surface area contributed by atoms with Gasteiger partial charge in [0.1, 0.15) is 6.29 Å². The standard InChI is InChI=1S/C14H8F2O3/c15-14(16)18-12-5-4-11(7-13(12)19-14)10-3-1-2-9(6-10)8-17/h1-8H. The van der Waals surface area contributed by atoms with Crippen LogP contribution in [0.4, 0.5) is 8.78 Å². The summed E-state index contributed by atoms with van der Waals surface area (Å²) in [5.41, 5.74) is 1.93. The molecule has 3 rings (SSSR count). The Morgan fingerprint density at radius 2 is 1.68 bits per heavy atom. The van der Waals surface area contributed by atoms with Gasteiger partial charge in [-0.2, -0.15) is 0 Å². The van der Waals surface area contributed by atoms with Gasteiger partial charge >= 0.3 is 6.29 Å². The first kappa shape index (κ1) is 11.6. The fourth-order valence-electron chi connectivity index (χ4n) is 1.92. The summed E-state index contributed by atoms with van der Waals surface area (Å²) in [6, 6.07) is 11.3. The molecule has 2 aromatic carbocycles. The highest BCUT2D eigenvalue weighted by atomic mass is 19.3. The molecule has 1 heterocycles. The van der Waals surface area contributed by atoms with Crippen molar-refractivity contribution in [3.63, 3.8) is 0 Å². The third kappa shape index (κ3) is 2.14. The largest absolute Gasteiger partial charge is 0.586 e. The lowest BCUT2D eigenvalue weighted by molar-refractivity contribution is -0.286. The maximum Gasteiger partial charge on any atom is 0.586 e. The van der Waals surface area contributed by atoms with Crippen molar-refractivity contribution < 1.29 is 23.0 Å². The van der Waals surface area contributed by atoms with E-state index >= 15 is 0 Å². The second kappa shape index (κ2) is 4.05. The molecule has 0 spiro atoms. The Morgan fingerprint density at radius 3 is 2.47 bits per heavy atom. The van der Waals surface area contributed by atoms with Crippen LogP contribution >= 0.6 is 0 Å². The Kier molecular flexibility index (Phi) is 2.48. The van der Waals surface area contributed by atoms with Crippen molar-refractivity contribution in [2.75, 3.05) is 0 Å². The van der Waals surface area contributed by atoms with Crippen LogP contribution in [0.2, 0.25) is 0 Å². The van der Waals surface area contributed by atoms with Gasteiger partial charge in [-0.3, -0.25) is 4.79 Å². The van der Waals surface area contributed by atoms with Crippen molar-refractivity contribution in [2.24, 2.45) is 0 Å². The van der Waals surface area contributed by atoms with Crippen molar-refractivity contribution in [3.8, 4) is 22.6 Å². The smallest absolute Gasteiger partial charge is 0.395 e. The Labute approximate surface area is 107 Å². The Bertz CT molecular complexity index is 653. The van der Waals surface area contributed by atoms with E-state index in [0.717, 1.165) is 11.8 Å². The number of alkyl halides is 2. The van der Waals surface area contributed by atoms with Gasteiger partial charge in [-0.1, -0.05) is 24.3 Å². The van der Waals surface area contributed by atoms with Gasteiger partial charge in [-0.25, -0.2) is 0 Å². The van der Waals surface area contributed by atoms with Gasteiger partial charge in [-0.15, -0.1) is 8.78 Å². The van der Waals surface area contributed by atoms with Gasteiger partial charge in [-0.05, 0) is 29.3 Å². The van der Waals surface area contributed by atoms with E-state index in [4.69, 9.17) is 0 Å². The van der Waals surface area contributed by atoms with Crippen LogP contribution < -0.4 is 9.47 Å². The molecule has 3 nitrogen and oxygen atoms in total.